The van der Waals surface area contributed by atoms with Crippen LogP contribution in [0, 0.1) is 0 Å². The highest BCUT2D eigenvalue weighted by Crippen LogP contribution is 2.22. The number of hydrogen-bond acceptors (Lipinski definition) is 6. The van der Waals surface area contributed by atoms with Crippen LogP contribution in [-0.2, 0) is 19.2 Å². The smallest absolute Gasteiger partial charge is 0.191 e. The first-order valence-corrected chi connectivity index (χ1v) is 6.76. The molecule has 0 spiro atoms. The van der Waals surface area contributed by atoms with Crippen molar-refractivity contribution in [2.75, 3.05) is 6.54 Å². The van der Waals surface area contributed by atoms with Crippen LogP contribution >= 0.6 is 23.1 Å². The van der Waals surface area contributed by atoms with Gasteiger partial charge < -0.3 is 10.3 Å². The lowest BCUT2D eigenvalue weighted by Crippen LogP contribution is -2.08. The zero-order chi connectivity index (χ0) is 11.4. The maximum absolute atomic E-state index is 5.50. The average molecular weight is 255 g/mol. The predicted octanol–water partition coefficient (Wildman–Crippen LogP) is 1.07. The standard InChI is InChI=1S/C9H13N5S2/c1-14-8(2-3-10)12-13-9(14)15-5-7-4-11-6-16-7/h4,6H,2-3,5,10H2,1H3. The minimum atomic E-state index is 0.603. The molecule has 0 aliphatic rings. The molecule has 2 aromatic heterocycles. The van der Waals surface area contributed by atoms with Crippen LogP contribution in [0.15, 0.2) is 16.9 Å². The van der Waals surface area contributed by atoms with Gasteiger partial charge in [-0.05, 0) is 6.54 Å². The summed E-state index contributed by atoms with van der Waals surface area (Å²) in [7, 11) is 1.97. The summed E-state index contributed by atoms with van der Waals surface area (Å²) < 4.78 is 2.00. The van der Waals surface area contributed by atoms with Gasteiger partial charge in [0, 0.05) is 30.3 Å². The maximum Gasteiger partial charge on any atom is 0.191 e. The minimum Gasteiger partial charge on any atom is -0.330 e. The molecule has 0 atom stereocenters. The highest BCUT2D eigenvalue weighted by atomic mass is 32.2. The lowest BCUT2D eigenvalue weighted by molar-refractivity contribution is 0.727. The third kappa shape index (κ3) is 2.60. The zero-order valence-electron chi connectivity index (χ0n) is 8.96. The number of nitrogens with zero attached hydrogens (tertiary/aromatic N) is 4. The van der Waals surface area contributed by atoms with E-state index in [0.29, 0.717) is 6.54 Å². The lowest BCUT2D eigenvalue weighted by atomic mass is 10.4. The maximum atomic E-state index is 5.50. The van der Waals surface area contributed by atoms with Crippen LogP contribution < -0.4 is 5.73 Å². The van der Waals surface area contributed by atoms with Crippen molar-refractivity contribution in [1.29, 1.82) is 0 Å². The van der Waals surface area contributed by atoms with Crippen LogP contribution in [0.2, 0.25) is 0 Å². The molecule has 0 aromatic carbocycles. The van der Waals surface area contributed by atoms with E-state index in [0.717, 1.165) is 23.2 Å². The van der Waals surface area contributed by atoms with E-state index < -0.39 is 0 Å². The van der Waals surface area contributed by atoms with Crippen molar-refractivity contribution < 1.29 is 0 Å². The normalized spacial score (nSPS) is 10.9. The Bertz CT molecular complexity index is 437. The van der Waals surface area contributed by atoms with Gasteiger partial charge in [0.15, 0.2) is 5.16 Å². The van der Waals surface area contributed by atoms with Crippen LogP contribution in [0.5, 0.6) is 0 Å². The Morgan fingerprint density at radius 3 is 3.06 bits per heavy atom. The topological polar surface area (TPSA) is 69.6 Å². The van der Waals surface area contributed by atoms with Crippen LogP contribution in [0.1, 0.15) is 10.7 Å². The summed E-state index contributed by atoms with van der Waals surface area (Å²) in [6.45, 7) is 0.603. The summed E-state index contributed by atoms with van der Waals surface area (Å²) in [6.07, 6.45) is 2.65. The molecule has 2 rings (SSSR count). The molecule has 0 radical (unpaired) electrons. The fourth-order valence-corrected chi connectivity index (χ4v) is 2.84. The van der Waals surface area contributed by atoms with Gasteiger partial charge in [-0.1, -0.05) is 11.8 Å². The summed E-state index contributed by atoms with van der Waals surface area (Å²) in [6, 6.07) is 0. The lowest BCUT2D eigenvalue weighted by Gasteiger charge is -2.01. The van der Waals surface area contributed by atoms with Crippen molar-refractivity contribution in [3.63, 3.8) is 0 Å². The second kappa shape index (κ2) is 5.42. The van der Waals surface area contributed by atoms with Crippen LogP contribution in [0.4, 0.5) is 0 Å². The molecule has 7 heteroatoms. The van der Waals surface area contributed by atoms with Gasteiger partial charge in [0.05, 0.1) is 5.51 Å². The largest absolute Gasteiger partial charge is 0.330 e. The van der Waals surface area contributed by atoms with E-state index in [1.807, 2.05) is 23.3 Å². The Morgan fingerprint density at radius 1 is 1.50 bits per heavy atom. The van der Waals surface area contributed by atoms with Crippen molar-refractivity contribution in [2.24, 2.45) is 12.8 Å². The van der Waals surface area contributed by atoms with E-state index >= 15 is 0 Å². The van der Waals surface area contributed by atoms with Gasteiger partial charge in [-0.25, -0.2) is 0 Å². The molecular formula is C9H13N5S2. The fourth-order valence-electron chi connectivity index (χ4n) is 1.27. The molecule has 86 valence electrons. The molecule has 0 saturated heterocycles. The molecule has 0 saturated carbocycles. The van der Waals surface area contributed by atoms with E-state index in [9.17, 15) is 0 Å². The number of thioether (sulfide) groups is 1. The quantitative estimate of drug-likeness (QED) is 0.809. The van der Waals surface area contributed by atoms with Gasteiger partial charge in [-0.15, -0.1) is 21.5 Å². The number of nitrogens with two attached hydrogens (primary N) is 1. The van der Waals surface area contributed by atoms with E-state index in [2.05, 4.69) is 15.2 Å². The first-order chi connectivity index (χ1) is 7.81. The summed E-state index contributed by atoms with van der Waals surface area (Å²) >= 11 is 3.33. The fraction of sp³-hybridized carbons (Fsp3) is 0.444. The highest BCUT2D eigenvalue weighted by Gasteiger charge is 2.08. The Morgan fingerprint density at radius 2 is 2.38 bits per heavy atom. The molecule has 5 nitrogen and oxygen atoms in total. The van der Waals surface area contributed by atoms with Crippen LogP contribution in [-0.4, -0.2) is 26.3 Å². The SMILES string of the molecule is Cn1c(CCN)nnc1SCc1cncs1. The van der Waals surface area contributed by atoms with Crippen molar-refractivity contribution in [1.82, 2.24) is 19.7 Å². The zero-order valence-corrected chi connectivity index (χ0v) is 10.6. The highest BCUT2D eigenvalue weighted by molar-refractivity contribution is 7.98. The molecule has 16 heavy (non-hydrogen) atoms. The van der Waals surface area contributed by atoms with E-state index in [-0.39, 0.29) is 0 Å². The number of aromatic nitrogens is 4. The number of rotatable bonds is 5. The van der Waals surface area contributed by atoms with Crippen molar-refractivity contribution >= 4 is 23.1 Å². The van der Waals surface area contributed by atoms with Crippen molar-refractivity contribution in [2.45, 2.75) is 17.3 Å². The molecule has 0 bridgehead atoms. The van der Waals surface area contributed by atoms with E-state index in [1.165, 1.54) is 4.88 Å². The minimum absolute atomic E-state index is 0.603. The van der Waals surface area contributed by atoms with E-state index in [4.69, 9.17) is 5.73 Å². The number of thiazole rings is 1. The average Bonchev–Trinajstić information content (AvgIpc) is 2.89. The van der Waals surface area contributed by atoms with Crippen LogP contribution in [0.25, 0.3) is 0 Å². The Hall–Kier alpha value is -0.920. The molecule has 2 N–H and O–H groups in total. The molecule has 0 unspecified atom stereocenters. The van der Waals surface area contributed by atoms with Gasteiger partial charge in [0.2, 0.25) is 0 Å². The molecule has 0 aliphatic carbocycles. The third-order valence-electron chi connectivity index (χ3n) is 2.12. The predicted molar refractivity (Wildman–Crippen MR) is 65.4 cm³/mol. The van der Waals surface area contributed by atoms with Crippen molar-refractivity contribution in [3.8, 4) is 0 Å². The third-order valence-corrected chi connectivity index (χ3v) is 4.15. The van der Waals surface area contributed by atoms with Gasteiger partial charge in [0.1, 0.15) is 5.82 Å². The van der Waals surface area contributed by atoms with Gasteiger partial charge in [-0.2, -0.15) is 0 Å². The summed E-state index contributed by atoms with van der Waals surface area (Å²) in [5, 5.41) is 9.17. The first-order valence-electron chi connectivity index (χ1n) is 4.89. The van der Waals surface area contributed by atoms with Gasteiger partial charge >= 0.3 is 0 Å². The van der Waals surface area contributed by atoms with Gasteiger partial charge in [0.25, 0.3) is 0 Å². The molecular weight excluding hydrogens is 242 g/mol. The molecule has 0 amide bonds. The van der Waals surface area contributed by atoms with Crippen LogP contribution in [0.3, 0.4) is 0 Å². The molecule has 2 heterocycles. The van der Waals surface area contributed by atoms with Crippen molar-refractivity contribution in [3.05, 3.63) is 22.4 Å². The number of hydrogen-bond donors (Lipinski definition) is 1. The summed E-state index contributed by atoms with van der Waals surface area (Å²) in [5.74, 6) is 1.83. The van der Waals surface area contributed by atoms with E-state index in [1.54, 1.807) is 23.1 Å². The molecule has 0 aliphatic heterocycles. The molecule has 0 fully saturated rings. The van der Waals surface area contributed by atoms with Gasteiger partial charge in [-0.3, -0.25) is 4.98 Å². The molecule has 2 aromatic rings. The second-order valence-electron chi connectivity index (χ2n) is 3.25. The Balaban J connectivity index is 1.99. The second-order valence-corrected chi connectivity index (χ2v) is 5.17. The Labute approximate surface area is 102 Å². The summed E-state index contributed by atoms with van der Waals surface area (Å²) in [4.78, 5) is 5.28. The monoisotopic (exact) mass is 255 g/mol. The summed E-state index contributed by atoms with van der Waals surface area (Å²) in [5.41, 5.74) is 7.34. The Kier molecular flexibility index (Phi) is 3.92. The first kappa shape index (κ1) is 11.6.